The van der Waals surface area contributed by atoms with Gasteiger partial charge in [-0.15, -0.1) is 0 Å². The fraction of sp³-hybridized carbons (Fsp3) is 0.250. The Morgan fingerprint density at radius 1 is 1.33 bits per heavy atom. The Kier molecular flexibility index (Phi) is 5.19. The molecule has 0 saturated heterocycles. The third kappa shape index (κ3) is 4.14. The van der Waals surface area contributed by atoms with Crippen molar-refractivity contribution in [3.8, 4) is 11.8 Å². The van der Waals surface area contributed by atoms with Gasteiger partial charge in [0.2, 0.25) is 0 Å². The quantitative estimate of drug-likeness (QED) is 0.753. The predicted octanol–water partition coefficient (Wildman–Crippen LogP) is 0.226. The number of nitrogens with one attached hydrogen (secondary N) is 1. The van der Waals surface area contributed by atoms with Gasteiger partial charge in [-0.1, -0.05) is 12.1 Å². The maximum absolute atomic E-state index is 11.2. The number of benzene rings is 1. The number of para-hydroxylation sites is 1. The van der Waals surface area contributed by atoms with Gasteiger partial charge in [0.1, 0.15) is 11.8 Å². The minimum atomic E-state index is -0.675. The highest BCUT2D eigenvalue weighted by atomic mass is 16.6. The number of carbonyl (C=O) groups is 2. The zero-order valence-electron chi connectivity index (χ0n) is 9.80. The first kappa shape index (κ1) is 13.5. The van der Waals surface area contributed by atoms with E-state index in [0.717, 1.165) is 0 Å². The lowest BCUT2D eigenvalue weighted by Gasteiger charge is -2.07. The summed E-state index contributed by atoms with van der Waals surface area (Å²) in [6, 6.07) is 8.46. The van der Waals surface area contributed by atoms with Gasteiger partial charge in [-0.05, 0) is 12.1 Å². The van der Waals surface area contributed by atoms with Gasteiger partial charge in [-0.25, -0.2) is 4.79 Å². The molecule has 1 N–H and O–H groups in total. The summed E-state index contributed by atoms with van der Waals surface area (Å²) in [5.41, 5.74) is 0.330. The molecule has 0 atom stereocenters. The molecular formula is C12H12N2O4. The van der Waals surface area contributed by atoms with Gasteiger partial charge in [0.05, 0.1) is 5.56 Å². The minimum Gasteiger partial charge on any atom is -0.481 e. The van der Waals surface area contributed by atoms with E-state index in [0.29, 0.717) is 11.3 Å². The summed E-state index contributed by atoms with van der Waals surface area (Å²) in [5.74, 6) is -0.774. The number of nitriles is 1. The average molecular weight is 248 g/mol. The van der Waals surface area contributed by atoms with Crippen molar-refractivity contribution >= 4 is 11.9 Å². The van der Waals surface area contributed by atoms with E-state index in [1.54, 1.807) is 24.3 Å². The molecule has 0 bridgehead atoms. The van der Waals surface area contributed by atoms with Crippen molar-refractivity contribution in [2.45, 2.75) is 0 Å². The number of rotatable bonds is 5. The number of esters is 1. The van der Waals surface area contributed by atoms with Crippen molar-refractivity contribution in [1.29, 1.82) is 5.26 Å². The Morgan fingerprint density at radius 3 is 2.72 bits per heavy atom. The lowest BCUT2D eigenvalue weighted by Crippen LogP contribution is -2.26. The number of likely N-dealkylation sites (N-methyl/N-ethyl adjacent to an activating group) is 1. The summed E-state index contributed by atoms with van der Waals surface area (Å²) in [7, 11) is 1.44. The van der Waals surface area contributed by atoms with Crippen LogP contribution in [0, 0.1) is 11.3 Å². The molecule has 1 aromatic rings. The minimum absolute atomic E-state index is 0.303. The molecule has 1 rings (SSSR count). The first-order valence-corrected chi connectivity index (χ1v) is 5.15. The van der Waals surface area contributed by atoms with Crippen LogP contribution in [0.1, 0.15) is 5.56 Å². The standard InChI is InChI=1S/C12H12N2O4/c1-14-11(15)7-18-12(16)8-17-10-5-3-2-4-9(10)6-13/h2-5H,7-8H2,1H3,(H,14,15). The van der Waals surface area contributed by atoms with Crippen LogP contribution >= 0.6 is 0 Å². The molecule has 94 valence electrons. The molecule has 0 radical (unpaired) electrons. The Balaban J connectivity index is 2.43. The largest absolute Gasteiger partial charge is 0.481 e. The summed E-state index contributed by atoms with van der Waals surface area (Å²) in [6.45, 7) is -0.700. The van der Waals surface area contributed by atoms with Crippen LogP contribution in [0.3, 0.4) is 0 Å². The summed E-state index contributed by atoms with van der Waals surface area (Å²) in [4.78, 5) is 22.0. The highest BCUT2D eigenvalue weighted by Gasteiger charge is 2.08. The van der Waals surface area contributed by atoms with E-state index in [1.165, 1.54) is 7.05 Å². The lowest BCUT2D eigenvalue weighted by atomic mass is 10.2. The Hall–Kier alpha value is -2.55. The predicted molar refractivity (Wildman–Crippen MR) is 61.7 cm³/mol. The normalized spacial score (nSPS) is 9.11. The zero-order chi connectivity index (χ0) is 13.4. The SMILES string of the molecule is CNC(=O)COC(=O)COc1ccccc1C#N. The fourth-order valence-corrected chi connectivity index (χ4v) is 1.08. The first-order valence-electron chi connectivity index (χ1n) is 5.15. The van der Waals surface area contributed by atoms with Crippen molar-refractivity contribution < 1.29 is 19.1 Å². The van der Waals surface area contributed by atoms with E-state index < -0.39 is 11.9 Å². The monoisotopic (exact) mass is 248 g/mol. The molecule has 0 spiro atoms. The third-order valence-electron chi connectivity index (χ3n) is 2.00. The molecule has 0 aliphatic rings. The highest BCUT2D eigenvalue weighted by molar-refractivity contribution is 5.80. The van der Waals surface area contributed by atoms with E-state index in [2.05, 4.69) is 10.1 Å². The molecule has 0 fully saturated rings. The van der Waals surface area contributed by atoms with Gasteiger partial charge in [0, 0.05) is 7.05 Å². The lowest BCUT2D eigenvalue weighted by molar-refractivity contribution is -0.150. The maximum atomic E-state index is 11.2. The van der Waals surface area contributed by atoms with Crippen LogP contribution in [0.4, 0.5) is 0 Å². The van der Waals surface area contributed by atoms with E-state index in [4.69, 9.17) is 10.00 Å². The van der Waals surface area contributed by atoms with Crippen molar-refractivity contribution in [3.05, 3.63) is 29.8 Å². The molecule has 0 saturated carbocycles. The summed E-state index contributed by atoms with van der Waals surface area (Å²) >= 11 is 0. The topological polar surface area (TPSA) is 88.4 Å². The molecular weight excluding hydrogens is 236 g/mol. The molecule has 1 aromatic carbocycles. The van der Waals surface area contributed by atoms with Crippen LogP contribution < -0.4 is 10.1 Å². The molecule has 0 aliphatic heterocycles. The molecule has 18 heavy (non-hydrogen) atoms. The fourth-order valence-electron chi connectivity index (χ4n) is 1.08. The van der Waals surface area contributed by atoms with Crippen molar-refractivity contribution in [1.82, 2.24) is 5.32 Å². The van der Waals surface area contributed by atoms with Crippen molar-refractivity contribution in [2.75, 3.05) is 20.3 Å². The summed E-state index contributed by atoms with van der Waals surface area (Å²) in [6.07, 6.45) is 0. The molecule has 6 heteroatoms. The van der Waals surface area contributed by atoms with E-state index in [1.807, 2.05) is 6.07 Å². The van der Waals surface area contributed by atoms with Crippen LogP contribution in [-0.2, 0) is 14.3 Å². The number of nitrogens with zero attached hydrogens (tertiary/aromatic N) is 1. The average Bonchev–Trinajstić information content (AvgIpc) is 2.42. The van der Waals surface area contributed by atoms with Crippen molar-refractivity contribution in [2.24, 2.45) is 0 Å². The van der Waals surface area contributed by atoms with Gasteiger partial charge in [0.25, 0.3) is 5.91 Å². The Bertz CT molecular complexity index is 479. The molecule has 0 aliphatic carbocycles. The van der Waals surface area contributed by atoms with E-state index in [-0.39, 0.29) is 13.2 Å². The molecule has 6 nitrogen and oxygen atoms in total. The number of ether oxygens (including phenoxy) is 2. The van der Waals surface area contributed by atoms with E-state index in [9.17, 15) is 9.59 Å². The summed E-state index contributed by atoms with van der Waals surface area (Å²) in [5, 5.41) is 11.1. The smallest absolute Gasteiger partial charge is 0.344 e. The second-order valence-corrected chi connectivity index (χ2v) is 3.23. The zero-order valence-corrected chi connectivity index (χ0v) is 9.80. The van der Waals surface area contributed by atoms with E-state index >= 15 is 0 Å². The highest BCUT2D eigenvalue weighted by Crippen LogP contribution is 2.16. The Morgan fingerprint density at radius 2 is 2.06 bits per heavy atom. The maximum Gasteiger partial charge on any atom is 0.344 e. The van der Waals surface area contributed by atoms with Gasteiger partial charge >= 0.3 is 5.97 Å². The number of hydrogen-bond donors (Lipinski definition) is 1. The van der Waals surface area contributed by atoms with Gasteiger partial charge < -0.3 is 14.8 Å². The molecule has 1 amide bonds. The van der Waals surface area contributed by atoms with Gasteiger partial charge in [0.15, 0.2) is 13.2 Å². The second kappa shape index (κ2) is 6.91. The molecule has 0 aromatic heterocycles. The van der Waals surface area contributed by atoms with Crippen molar-refractivity contribution in [3.63, 3.8) is 0 Å². The van der Waals surface area contributed by atoms with Crippen LogP contribution in [0.2, 0.25) is 0 Å². The molecule has 0 unspecified atom stereocenters. The van der Waals surface area contributed by atoms with Gasteiger partial charge in [-0.3, -0.25) is 4.79 Å². The number of carbonyl (C=O) groups excluding carboxylic acids is 2. The van der Waals surface area contributed by atoms with Crippen LogP contribution in [0.15, 0.2) is 24.3 Å². The summed E-state index contributed by atoms with van der Waals surface area (Å²) < 4.78 is 9.76. The Labute approximate surface area is 104 Å². The van der Waals surface area contributed by atoms with Crippen LogP contribution in [0.5, 0.6) is 5.75 Å². The second-order valence-electron chi connectivity index (χ2n) is 3.23. The first-order chi connectivity index (χ1) is 8.67. The van der Waals surface area contributed by atoms with Crippen LogP contribution in [0.25, 0.3) is 0 Å². The van der Waals surface area contributed by atoms with Gasteiger partial charge in [-0.2, -0.15) is 5.26 Å². The number of hydrogen-bond acceptors (Lipinski definition) is 5. The van der Waals surface area contributed by atoms with Crippen LogP contribution in [-0.4, -0.2) is 32.1 Å². The number of amides is 1. The third-order valence-corrected chi connectivity index (χ3v) is 2.00. The molecule has 0 heterocycles.